The van der Waals surface area contributed by atoms with E-state index in [9.17, 15) is 9.59 Å². The maximum atomic E-state index is 13.0. The summed E-state index contributed by atoms with van der Waals surface area (Å²) in [7, 11) is 3.88. The summed E-state index contributed by atoms with van der Waals surface area (Å²) < 4.78 is 1.67. The number of amides is 2. The molecule has 5 nitrogen and oxygen atoms in total. The molecule has 1 aliphatic rings. The van der Waals surface area contributed by atoms with E-state index in [0.717, 1.165) is 20.2 Å². The average molecular weight is 509 g/mol. The zero-order chi connectivity index (χ0) is 19.7. The molecule has 2 aromatic rings. The molecule has 1 aliphatic heterocycles. The Hall–Kier alpha value is -2.03. The molecule has 8 heteroatoms. The highest BCUT2D eigenvalue weighted by Gasteiger charge is 2.34. The zero-order valence-corrected chi connectivity index (χ0v) is 18.5. The van der Waals surface area contributed by atoms with Crippen molar-refractivity contribution >= 4 is 78.5 Å². The molecule has 0 spiro atoms. The number of nitrogens with one attached hydrogen (secondary N) is 1. The third-order valence-electron chi connectivity index (χ3n) is 3.93. The predicted octanol–water partition coefficient (Wildman–Crippen LogP) is 4.11. The van der Waals surface area contributed by atoms with E-state index in [1.165, 1.54) is 4.90 Å². The highest BCUT2D eigenvalue weighted by Crippen LogP contribution is 2.28. The van der Waals surface area contributed by atoms with Gasteiger partial charge in [-0.2, -0.15) is 0 Å². The highest BCUT2D eigenvalue weighted by molar-refractivity contribution is 9.10. The number of halogens is 2. The summed E-state index contributed by atoms with van der Waals surface area (Å²) in [5.74, 6) is -0.973. The largest absolute Gasteiger partial charge is 0.377 e. The molecule has 1 N–H and O–H groups in total. The van der Waals surface area contributed by atoms with Gasteiger partial charge in [-0.05, 0) is 70.1 Å². The quantitative estimate of drug-likeness (QED) is 0.385. The predicted molar refractivity (Wildman–Crippen MR) is 119 cm³/mol. The second kappa shape index (κ2) is 7.92. The molecule has 0 aromatic heterocycles. The monoisotopic (exact) mass is 507 g/mol. The number of hydrogen-bond donors (Lipinski definition) is 1. The van der Waals surface area contributed by atoms with Gasteiger partial charge in [-0.3, -0.25) is 19.8 Å². The van der Waals surface area contributed by atoms with Gasteiger partial charge in [-0.15, -0.1) is 0 Å². The van der Waals surface area contributed by atoms with Crippen molar-refractivity contribution < 1.29 is 9.59 Å². The summed E-state index contributed by atoms with van der Waals surface area (Å²) in [6.07, 6.45) is 1.56. The molecule has 1 fully saturated rings. The minimum absolute atomic E-state index is 0.0214. The van der Waals surface area contributed by atoms with Crippen LogP contribution in [-0.2, 0) is 9.59 Å². The molecule has 1 saturated heterocycles. The number of carbonyl (C=O) groups is 2. The Morgan fingerprint density at radius 2 is 1.85 bits per heavy atom. The standard InChI is InChI=1S/C19H15Br2N3O2S/c1-23(2)16-7-6-11(9-15(16)21)8-14-17(25)22-19(27)24(18(14)26)13-5-3-4-12(20)10-13/h3-10H,1-2H3,(H,22,25,27)/b14-8+. The van der Waals surface area contributed by atoms with E-state index in [4.69, 9.17) is 12.2 Å². The van der Waals surface area contributed by atoms with Crippen LogP contribution in [0.25, 0.3) is 6.08 Å². The molecular weight excluding hydrogens is 494 g/mol. The van der Waals surface area contributed by atoms with Gasteiger partial charge in [0.25, 0.3) is 11.8 Å². The van der Waals surface area contributed by atoms with Crippen LogP contribution in [0.5, 0.6) is 0 Å². The Morgan fingerprint density at radius 3 is 2.48 bits per heavy atom. The molecular formula is C19H15Br2N3O2S. The molecule has 0 bridgehead atoms. The van der Waals surface area contributed by atoms with Crippen molar-refractivity contribution in [3.63, 3.8) is 0 Å². The van der Waals surface area contributed by atoms with Crippen molar-refractivity contribution in [1.29, 1.82) is 0 Å². The summed E-state index contributed by atoms with van der Waals surface area (Å²) in [5, 5.41) is 2.65. The Labute approximate surface area is 179 Å². The van der Waals surface area contributed by atoms with Gasteiger partial charge in [0.05, 0.1) is 11.4 Å². The average Bonchev–Trinajstić information content (AvgIpc) is 2.58. The highest BCUT2D eigenvalue weighted by atomic mass is 79.9. The number of anilines is 2. The molecule has 3 rings (SSSR count). The first-order valence-corrected chi connectivity index (χ1v) is 9.91. The zero-order valence-electron chi connectivity index (χ0n) is 14.5. The fourth-order valence-corrected chi connectivity index (χ4v) is 4.07. The maximum Gasteiger partial charge on any atom is 0.270 e. The van der Waals surface area contributed by atoms with Gasteiger partial charge in [-0.1, -0.05) is 28.1 Å². The van der Waals surface area contributed by atoms with Gasteiger partial charge in [0.2, 0.25) is 0 Å². The molecule has 2 aromatic carbocycles. The molecule has 0 radical (unpaired) electrons. The smallest absolute Gasteiger partial charge is 0.270 e. The number of nitrogens with zero attached hydrogens (tertiary/aromatic N) is 2. The van der Waals surface area contributed by atoms with Crippen molar-refractivity contribution in [1.82, 2.24) is 5.32 Å². The van der Waals surface area contributed by atoms with Crippen LogP contribution in [0.1, 0.15) is 5.56 Å². The summed E-state index contributed by atoms with van der Waals surface area (Å²) >= 11 is 12.1. The molecule has 0 atom stereocenters. The van der Waals surface area contributed by atoms with Crippen LogP contribution in [0.3, 0.4) is 0 Å². The molecule has 0 unspecified atom stereocenters. The van der Waals surface area contributed by atoms with Crippen LogP contribution in [0.2, 0.25) is 0 Å². The third kappa shape index (κ3) is 4.12. The second-order valence-electron chi connectivity index (χ2n) is 6.04. The molecule has 138 valence electrons. The second-order valence-corrected chi connectivity index (χ2v) is 8.20. The van der Waals surface area contributed by atoms with Crippen molar-refractivity contribution in [2.75, 3.05) is 23.9 Å². The molecule has 0 aliphatic carbocycles. The lowest BCUT2D eigenvalue weighted by Gasteiger charge is -2.29. The van der Waals surface area contributed by atoms with Gasteiger partial charge in [-0.25, -0.2) is 0 Å². The van der Waals surface area contributed by atoms with E-state index < -0.39 is 11.8 Å². The first-order valence-electron chi connectivity index (χ1n) is 7.92. The van der Waals surface area contributed by atoms with E-state index in [1.807, 2.05) is 43.3 Å². The van der Waals surface area contributed by atoms with Crippen LogP contribution >= 0.6 is 44.1 Å². The molecule has 0 saturated carbocycles. The SMILES string of the molecule is CN(C)c1ccc(/C=C2\C(=O)NC(=S)N(c3cccc(Br)c3)C2=O)cc1Br. The number of carbonyl (C=O) groups excluding carboxylic acids is 2. The number of benzene rings is 2. The maximum absolute atomic E-state index is 13.0. The number of hydrogen-bond acceptors (Lipinski definition) is 4. The minimum atomic E-state index is -0.510. The fourth-order valence-electron chi connectivity index (χ4n) is 2.65. The van der Waals surface area contributed by atoms with Gasteiger partial charge in [0.15, 0.2) is 5.11 Å². The Morgan fingerprint density at radius 1 is 1.11 bits per heavy atom. The van der Waals surface area contributed by atoms with Crippen LogP contribution in [0.4, 0.5) is 11.4 Å². The normalized spacial score (nSPS) is 15.9. The van der Waals surface area contributed by atoms with Crippen LogP contribution < -0.4 is 15.1 Å². The minimum Gasteiger partial charge on any atom is -0.377 e. The molecule has 27 heavy (non-hydrogen) atoms. The Balaban J connectivity index is 2.00. The first kappa shape index (κ1) is 19.7. The van der Waals surface area contributed by atoms with Gasteiger partial charge in [0, 0.05) is 23.0 Å². The molecule has 1 heterocycles. The van der Waals surface area contributed by atoms with Gasteiger partial charge in [0.1, 0.15) is 5.57 Å². The lowest BCUT2D eigenvalue weighted by atomic mass is 10.1. The molecule has 2 amide bonds. The van der Waals surface area contributed by atoms with Crippen molar-refractivity contribution in [3.05, 3.63) is 62.5 Å². The van der Waals surface area contributed by atoms with E-state index in [1.54, 1.807) is 24.3 Å². The van der Waals surface area contributed by atoms with E-state index >= 15 is 0 Å². The van der Waals surface area contributed by atoms with Crippen LogP contribution in [0.15, 0.2) is 57.0 Å². The third-order valence-corrected chi connectivity index (χ3v) is 5.35. The lowest BCUT2D eigenvalue weighted by Crippen LogP contribution is -2.54. The summed E-state index contributed by atoms with van der Waals surface area (Å²) in [6.45, 7) is 0. The van der Waals surface area contributed by atoms with Crippen LogP contribution in [0, 0.1) is 0 Å². The fraction of sp³-hybridized carbons (Fsp3) is 0.105. The van der Waals surface area contributed by atoms with E-state index in [2.05, 4.69) is 37.2 Å². The van der Waals surface area contributed by atoms with Gasteiger partial charge < -0.3 is 4.90 Å². The number of thiocarbonyl (C=S) groups is 1. The Bertz CT molecular complexity index is 989. The summed E-state index contributed by atoms with van der Waals surface area (Å²) in [6, 6.07) is 12.8. The van der Waals surface area contributed by atoms with Crippen molar-refractivity contribution in [2.45, 2.75) is 0 Å². The van der Waals surface area contributed by atoms with Crippen LogP contribution in [-0.4, -0.2) is 31.0 Å². The van der Waals surface area contributed by atoms with Crippen molar-refractivity contribution in [2.24, 2.45) is 0 Å². The van der Waals surface area contributed by atoms with Crippen molar-refractivity contribution in [3.8, 4) is 0 Å². The topological polar surface area (TPSA) is 52.7 Å². The van der Waals surface area contributed by atoms with E-state index in [0.29, 0.717) is 5.69 Å². The summed E-state index contributed by atoms with van der Waals surface area (Å²) in [4.78, 5) is 28.7. The Kier molecular flexibility index (Phi) is 5.78. The number of rotatable bonds is 3. The lowest BCUT2D eigenvalue weighted by molar-refractivity contribution is -0.122. The van der Waals surface area contributed by atoms with Gasteiger partial charge >= 0.3 is 0 Å². The van der Waals surface area contributed by atoms with E-state index in [-0.39, 0.29) is 10.7 Å². The first-order chi connectivity index (χ1) is 12.8. The summed E-state index contributed by atoms with van der Waals surface area (Å²) in [5.41, 5.74) is 2.32.